The van der Waals surface area contributed by atoms with Gasteiger partial charge in [0.2, 0.25) is 5.91 Å². The van der Waals surface area contributed by atoms with Crippen molar-refractivity contribution >= 4 is 34.8 Å². The molecule has 0 bridgehead atoms. The van der Waals surface area contributed by atoms with E-state index in [1.165, 1.54) is 0 Å². The fourth-order valence-corrected chi connectivity index (χ4v) is 3.16. The van der Waals surface area contributed by atoms with Gasteiger partial charge in [0.15, 0.2) is 0 Å². The Balaban J connectivity index is 0.00000288. The summed E-state index contributed by atoms with van der Waals surface area (Å²) in [7, 11) is -0.991. The number of nitrogens with one attached hydrogen (secondary N) is 1. The van der Waals surface area contributed by atoms with Crippen molar-refractivity contribution in [2.24, 2.45) is 0 Å². The fraction of sp³-hybridized carbons (Fsp3) is 0.278. The molecule has 0 aliphatic heterocycles. The quantitative estimate of drug-likeness (QED) is 0.740. The van der Waals surface area contributed by atoms with Crippen molar-refractivity contribution in [3.8, 4) is 0 Å². The summed E-state index contributed by atoms with van der Waals surface area (Å²) < 4.78 is 11.6. The minimum atomic E-state index is -0.991. The Hall–Kier alpha value is -1.85. The maximum atomic E-state index is 12.2. The molecule has 1 amide bonds. The van der Waals surface area contributed by atoms with Gasteiger partial charge in [0.05, 0.1) is 6.04 Å². The van der Waals surface area contributed by atoms with E-state index in [0.717, 1.165) is 11.1 Å². The molecule has 2 atom stereocenters. The Morgan fingerprint density at radius 2 is 1.75 bits per heavy atom. The predicted octanol–water partition coefficient (Wildman–Crippen LogP) is 2.86. The highest BCUT2D eigenvalue weighted by Gasteiger charge is 2.16. The summed E-state index contributed by atoms with van der Waals surface area (Å²) in [6.07, 6.45) is 2.59. The zero-order valence-corrected chi connectivity index (χ0v) is 15.2. The standard InChI is InChI=1S/C18H22N2O2S.ClH/c1-23(22)13-17(15-8-3-2-4-9-15)20-18(21)12-11-14-7-5-6-10-16(14)19;/h2-10,17H,11-13,19H2,1H3,(H,20,21);1H. The van der Waals surface area contributed by atoms with E-state index >= 15 is 0 Å². The Kier molecular flexibility index (Phi) is 8.50. The molecule has 0 aliphatic carbocycles. The second-order valence-electron chi connectivity index (χ2n) is 5.47. The van der Waals surface area contributed by atoms with E-state index in [1.54, 1.807) is 6.26 Å². The van der Waals surface area contributed by atoms with Crippen LogP contribution in [0.25, 0.3) is 0 Å². The van der Waals surface area contributed by atoms with Crippen LogP contribution in [-0.4, -0.2) is 22.1 Å². The van der Waals surface area contributed by atoms with Crippen LogP contribution in [0, 0.1) is 0 Å². The Morgan fingerprint density at radius 1 is 1.12 bits per heavy atom. The molecule has 4 nitrogen and oxygen atoms in total. The van der Waals surface area contributed by atoms with Gasteiger partial charge in [-0.05, 0) is 23.6 Å². The third-order valence-electron chi connectivity index (χ3n) is 3.62. The monoisotopic (exact) mass is 366 g/mol. The number of amides is 1. The molecular weight excluding hydrogens is 344 g/mol. The number of rotatable bonds is 7. The van der Waals surface area contributed by atoms with Crippen LogP contribution >= 0.6 is 12.4 Å². The molecule has 0 aliphatic rings. The molecule has 2 rings (SSSR count). The molecule has 0 spiro atoms. The van der Waals surface area contributed by atoms with Gasteiger partial charge in [0.25, 0.3) is 0 Å². The van der Waals surface area contributed by atoms with Gasteiger partial charge in [-0.25, -0.2) is 0 Å². The third-order valence-corrected chi connectivity index (χ3v) is 4.42. The highest BCUT2D eigenvalue weighted by molar-refractivity contribution is 7.84. The van der Waals surface area contributed by atoms with Gasteiger partial charge >= 0.3 is 0 Å². The number of carbonyl (C=O) groups excluding carboxylic acids is 1. The number of anilines is 1. The molecule has 24 heavy (non-hydrogen) atoms. The minimum absolute atomic E-state index is 0. The van der Waals surface area contributed by atoms with Crippen LogP contribution in [-0.2, 0) is 22.0 Å². The van der Waals surface area contributed by atoms with Crippen LogP contribution < -0.4 is 11.1 Å². The molecule has 0 fully saturated rings. The summed E-state index contributed by atoms with van der Waals surface area (Å²) in [6, 6.07) is 16.9. The smallest absolute Gasteiger partial charge is 0.220 e. The number of benzene rings is 2. The lowest BCUT2D eigenvalue weighted by molar-refractivity contribution is -0.121. The summed E-state index contributed by atoms with van der Waals surface area (Å²) in [5, 5.41) is 2.98. The van der Waals surface area contributed by atoms with E-state index in [0.29, 0.717) is 24.3 Å². The van der Waals surface area contributed by atoms with E-state index in [9.17, 15) is 9.00 Å². The number of para-hydroxylation sites is 1. The molecule has 130 valence electrons. The van der Waals surface area contributed by atoms with Crippen molar-refractivity contribution < 1.29 is 9.00 Å². The SMILES string of the molecule is CS(=O)CC(NC(=O)CCc1ccccc1N)c1ccccc1.Cl. The molecule has 2 aromatic carbocycles. The number of hydrogen-bond donors (Lipinski definition) is 2. The second-order valence-corrected chi connectivity index (χ2v) is 6.95. The molecule has 3 N–H and O–H groups in total. The van der Waals surface area contributed by atoms with Crippen LogP contribution in [0.1, 0.15) is 23.6 Å². The number of halogens is 1. The van der Waals surface area contributed by atoms with Crippen molar-refractivity contribution in [1.29, 1.82) is 0 Å². The Labute approximate surface area is 151 Å². The molecular formula is C18H23ClN2O2S. The number of nitrogen functional groups attached to an aromatic ring is 1. The first-order valence-electron chi connectivity index (χ1n) is 7.54. The molecule has 0 aromatic heterocycles. The lowest BCUT2D eigenvalue weighted by Crippen LogP contribution is -2.32. The van der Waals surface area contributed by atoms with Crippen molar-refractivity contribution in [2.75, 3.05) is 17.7 Å². The second kappa shape index (κ2) is 10.1. The number of nitrogens with two attached hydrogens (primary N) is 1. The van der Waals surface area contributed by atoms with Crippen LogP contribution in [0.2, 0.25) is 0 Å². The lowest BCUT2D eigenvalue weighted by Gasteiger charge is -2.18. The van der Waals surface area contributed by atoms with Gasteiger partial charge in [-0.3, -0.25) is 9.00 Å². The van der Waals surface area contributed by atoms with Crippen molar-refractivity contribution in [3.63, 3.8) is 0 Å². The van der Waals surface area contributed by atoms with E-state index in [1.807, 2.05) is 54.6 Å². The molecule has 0 radical (unpaired) electrons. The van der Waals surface area contributed by atoms with Crippen molar-refractivity contribution in [2.45, 2.75) is 18.9 Å². The predicted molar refractivity (Wildman–Crippen MR) is 103 cm³/mol. The van der Waals surface area contributed by atoms with Gasteiger partial charge in [0, 0.05) is 34.9 Å². The van der Waals surface area contributed by atoms with Gasteiger partial charge in [0.1, 0.15) is 0 Å². The highest BCUT2D eigenvalue weighted by atomic mass is 35.5. The first kappa shape index (κ1) is 20.2. The summed E-state index contributed by atoms with van der Waals surface area (Å²) >= 11 is 0. The van der Waals surface area contributed by atoms with E-state index in [-0.39, 0.29) is 24.4 Å². The molecule has 2 unspecified atom stereocenters. The minimum Gasteiger partial charge on any atom is -0.399 e. The average molecular weight is 367 g/mol. The van der Waals surface area contributed by atoms with Gasteiger partial charge < -0.3 is 11.1 Å². The summed E-state index contributed by atoms with van der Waals surface area (Å²) in [4.78, 5) is 12.2. The maximum absolute atomic E-state index is 12.2. The Morgan fingerprint density at radius 3 is 2.38 bits per heavy atom. The van der Waals surface area contributed by atoms with E-state index < -0.39 is 10.8 Å². The molecule has 0 saturated heterocycles. The largest absolute Gasteiger partial charge is 0.399 e. The topological polar surface area (TPSA) is 72.2 Å². The summed E-state index contributed by atoms with van der Waals surface area (Å²) in [5.41, 5.74) is 8.53. The number of aryl methyl sites for hydroxylation is 1. The zero-order chi connectivity index (χ0) is 16.7. The number of hydrogen-bond acceptors (Lipinski definition) is 3. The van der Waals surface area contributed by atoms with Gasteiger partial charge in [-0.15, -0.1) is 12.4 Å². The van der Waals surface area contributed by atoms with Crippen molar-refractivity contribution in [1.82, 2.24) is 5.32 Å². The molecule has 2 aromatic rings. The van der Waals surface area contributed by atoms with Gasteiger partial charge in [-0.1, -0.05) is 48.5 Å². The lowest BCUT2D eigenvalue weighted by atomic mass is 10.1. The van der Waals surface area contributed by atoms with E-state index in [4.69, 9.17) is 5.73 Å². The average Bonchev–Trinajstić information content (AvgIpc) is 2.54. The highest BCUT2D eigenvalue weighted by Crippen LogP contribution is 2.16. The molecule has 0 heterocycles. The summed E-state index contributed by atoms with van der Waals surface area (Å²) in [5.74, 6) is 0.344. The Bertz CT molecular complexity index is 680. The number of carbonyl (C=O) groups is 1. The van der Waals surface area contributed by atoms with Crippen LogP contribution in [0.15, 0.2) is 54.6 Å². The zero-order valence-electron chi connectivity index (χ0n) is 13.6. The first-order chi connectivity index (χ1) is 11.1. The third kappa shape index (κ3) is 6.34. The molecule has 0 saturated carbocycles. The van der Waals surface area contributed by atoms with Crippen LogP contribution in [0.3, 0.4) is 0 Å². The van der Waals surface area contributed by atoms with E-state index in [2.05, 4.69) is 5.32 Å². The molecule has 6 heteroatoms. The van der Waals surface area contributed by atoms with Crippen LogP contribution in [0.4, 0.5) is 5.69 Å². The fourth-order valence-electron chi connectivity index (χ4n) is 2.42. The van der Waals surface area contributed by atoms with Crippen LogP contribution in [0.5, 0.6) is 0 Å². The summed E-state index contributed by atoms with van der Waals surface area (Å²) in [6.45, 7) is 0. The normalized spacial score (nSPS) is 12.7. The van der Waals surface area contributed by atoms with Gasteiger partial charge in [-0.2, -0.15) is 0 Å². The maximum Gasteiger partial charge on any atom is 0.220 e. The first-order valence-corrected chi connectivity index (χ1v) is 9.26. The van der Waals surface area contributed by atoms with Crippen molar-refractivity contribution in [3.05, 3.63) is 65.7 Å².